The second kappa shape index (κ2) is 8.88. The van der Waals surface area contributed by atoms with Crippen LogP contribution < -0.4 is 10.0 Å². The van der Waals surface area contributed by atoms with Crippen LogP contribution in [0.5, 0.6) is 0 Å². The Labute approximate surface area is 144 Å². The van der Waals surface area contributed by atoms with Crippen LogP contribution in [0, 0.1) is 0 Å². The SMILES string of the molecule is CSCCC(C)NS(=O)(=O)c1cc(CNC(C)C)sc1Br. The van der Waals surface area contributed by atoms with Gasteiger partial charge in [-0.05, 0) is 47.3 Å². The lowest BCUT2D eigenvalue weighted by atomic mass is 10.3. The summed E-state index contributed by atoms with van der Waals surface area (Å²) in [6, 6.07) is 2.05. The molecule has 1 rings (SSSR count). The molecule has 21 heavy (non-hydrogen) atoms. The lowest BCUT2D eigenvalue weighted by Crippen LogP contribution is -2.33. The first-order valence-electron chi connectivity index (χ1n) is 6.79. The van der Waals surface area contributed by atoms with E-state index >= 15 is 0 Å². The van der Waals surface area contributed by atoms with Crippen molar-refractivity contribution in [1.82, 2.24) is 10.0 Å². The molecular weight excluding hydrogens is 392 g/mol. The topological polar surface area (TPSA) is 58.2 Å². The number of rotatable bonds is 9. The van der Waals surface area contributed by atoms with Gasteiger partial charge in [0.2, 0.25) is 10.0 Å². The quantitative estimate of drug-likeness (QED) is 0.649. The van der Waals surface area contributed by atoms with Gasteiger partial charge in [-0.25, -0.2) is 13.1 Å². The van der Waals surface area contributed by atoms with Crippen LogP contribution in [-0.2, 0) is 16.6 Å². The van der Waals surface area contributed by atoms with Crippen LogP contribution in [0.2, 0.25) is 0 Å². The van der Waals surface area contributed by atoms with Crippen molar-refractivity contribution in [2.75, 3.05) is 12.0 Å². The molecule has 1 unspecified atom stereocenters. The predicted octanol–water partition coefficient (Wildman–Crippen LogP) is 3.43. The van der Waals surface area contributed by atoms with Gasteiger partial charge in [0.25, 0.3) is 0 Å². The van der Waals surface area contributed by atoms with E-state index < -0.39 is 10.0 Å². The van der Waals surface area contributed by atoms with E-state index in [9.17, 15) is 8.42 Å². The summed E-state index contributed by atoms with van der Waals surface area (Å²) in [7, 11) is -3.46. The third-order valence-corrected chi connectivity index (χ3v) is 7.28. The Balaban J connectivity index is 2.78. The Morgan fingerprint density at radius 2 is 2.05 bits per heavy atom. The number of nitrogens with one attached hydrogen (secondary N) is 2. The lowest BCUT2D eigenvalue weighted by molar-refractivity contribution is 0.557. The number of hydrogen-bond donors (Lipinski definition) is 2. The Morgan fingerprint density at radius 3 is 2.62 bits per heavy atom. The molecule has 0 fully saturated rings. The van der Waals surface area contributed by atoms with E-state index in [0.717, 1.165) is 17.1 Å². The highest BCUT2D eigenvalue weighted by atomic mass is 79.9. The monoisotopic (exact) mass is 414 g/mol. The van der Waals surface area contributed by atoms with Crippen LogP contribution in [-0.4, -0.2) is 32.5 Å². The molecule has 122 valence electrons. The van der Waals surface area contributed by atoms with E-state index in [-0.39, 0.29) is 6.04 Å². The molecule has 0 amide bonds. The Bertz CT molecular complexity index is 544. The van der Waals surface area contributed by atoms with Gasteiger partial charge in [0.15, 0.2) is 0 Å². The van der Waals surface area contributed by atoms with Crippen molar-refractivity contribution < 1.29 is 8.42 Å². The molecule has 1 aromatic heterocycles. The molecule has 0 bridgehead atoms. The van der Waals surface area contributed by atoms with Gasteiger partial charge in [0.1, 0.15) is 4.90 Å². The van der Waals surface area contributed by atoms with Crippen molar-refractivity contribution in [3.05, 3.63) is 14.7 Å². The van der Waals surface area contributed by atoms with Gasteiger partial charge in [-0.15, -0.1) is 11.3 Å². The number of halogens is 1. The highest BCUT2D eigenvalue weighted by Crippen LogP contribution is 2.31. The van der Waals surface area contributed by atoms with Crippen molar-refractivity contribution in [2.45, 2.75) is 50.7 Å². The van der Waals surface area contributed by atoms with Crippen LogP contribution >= 0.6 is 39.0 Å². The maximum Gasteiger partial charge on any atom is 0.242 e. The average molecular weight is 415 g/mol. The summed E-state index contributed by atoms with van der Waals surface area (Å²) in [5, 5.41) is 3.29. The summed E-state index contributed by atoms with van der Waals surface area (Å²) < 4.78 is 28.2. The Morgan fingerprint density at radius 1 is 1.38 bits per heavy atom. The van der Waals surface area contributed by atoms with Crippen molar-refractivity contribution in [2.24, 2.45) is 0 Å². The molecular formula is C13H23BrN2O2S3. The third kappa shape index (κ3) is 6.58. The normalized spacial score (nSPS) is 13.8. The van der Waals surface area contributed by atoms with E-state index in [1.54, 1.807) is 17.8 Å². The molecule has 0 spiro atoms. The highest BCUT2D eigenvalue weighted by Gasteiger charge is 2.22. The second-order valence-corrected chi connectivity index (χ2v) is 10.3. The maximum atomic E-state index is 12.4. The molecule has 0 radical (unpaired) electrons. The molecule has 0 aromatic carbocycles. The molecule has 4 nitrogen and oxygen atoms in total. The van der Waals surface area contributed by atoms with E-state index in [4.69, 9.17) is 0 Å². The number of thioether (sulfide) groups is 1. The minimum atomic E-state index is -3.46. The largest absolute Gasteiger partial charge is 0.310 e. The van der Waals surface area contributed by atoms with Gasteiger partial charge in [-0.2, -0.15) is 11.8 Å². The zero-order chi connectivity index (χ0) is 16.0. The first-order chi connectivity index (χ1) is 9.76. The van der Waals surface area contributed by atoms with E-state index in [2.05, 4.69) is 39.8 Å². The van der Waals surface area contributed by atoms with Gasteiger partial charge in [-0.3, -0.25) is 0 Å². The Kier molecular flexibility index (Phi) is 8.23. The summed E-state index contributed by atoms with van der Waals surface area (Å²) in [6.07, 6.45) is 2.84. The standard InChI is InChI=1S/C13H23BrN2O2S3/c1-9(2)15-8-11-7-12(13(14)20-11)21(17,18)16-10(3)5-6-19-4/h7,9-10,15-16H,5-6,8H2,1-4H3. The fourth-order valence-corrected chi connectivity index (χ4v) is 6.16. The fourth-order valence-electron chi connectivity index (χ4n) is 1.65. The maximum absolute atomic E-state index is 12.4. The summed E-state index contributed by atoms with van der Waals surface area (Å²) in [5.41, 5.74) is 0. The van der Waals surface area contributed by atoms with E-state index in [0.29, 0.717) is 21.3 Å². The summed E-state index contributed by atoms with van der Waals surface area (Å²) >= 11 is 6.55. The first-order valence-corrected chi connectivity index (χ1v) is 11.3. The van der Waals surface area contributed by atoms with E-state index in [1.807, 2.05) is 13.2 Å². The van der Waals surface area contributed by atoms with Crippen LogP contribution in [0.15, 0.2) is 14.7 Å². The molecule has 0 saturated heterocycles. The van der Waals surface area contributed by atoms with Gasteiger partial charge < -0.3 is 5.32 Å². The predicted molar refractivity (Wildman–Crippen MR) is 96.8 cm³/mol. The zero-order valence-corrected chi connectivity index (χ0v) is 16.8. The minimum Gasteiger partial charge on any atom is -0.310 e. The average Bonchev–Trinajstić information content (AvgIpc) is 2.75. The second-order valence-electron chi connectivity index (χ2n) is 5.19. The van der Waals surface area contributed by atoms with Gasteiger partial charge in [0, 0.05) is 23.5 Å². The van der Waals surface area contributed by atoms with Crippen molar-refractivity contribution in [3.8, 4) is 0 Å². The first kappa shape index (κ1) is 19.4. The van der Waals surface area contributed by atoms with Crippen LogP contribution in [0.3, 0.4) is 0 Å². The zero-order valence-electron chi connectivity index (χ0n) is 12.8. The summed E-state index contributed by atoms with van der Waals surface area (Å²) in [4.78, 5) is 1.34. The fraction of sp³-hybridized carbons (Fsp3) is 0.692. The summed E-state index contributed by atoms with van der Waals surface area (Å²) in [6.45, 7) is 6.71. The van der Waals surface area contributed by atoms with Crippen LogP contribution in [0.25, 0.3) is 0 Å². The van der Waals surface area contributed by atoms with Crippen LogP contribution in [0.4, 0.5) is 0 Å². The van der Waals surface area contributed by atoms with Crippen molar-refractivity contribution in [1.29, 1.82) is 0 Å². The minimum absolute atomic E-state index is 0.0634. The number of sulfonamides is 1. The molecule has 0 aliphatic rings. The lowest BCUT2D eigenvalue weighted by Gasteiger charge is -2.13. The van der Waals surface area contributed by atoms with Crippen molar-refractivity contribution in [3.63, 3.8) is 0 Å². The van der Waals surface area contributed by atoms with Crippen molar-refractivity contribution >= 4 is 49.1 Å². The smallest absolute Gasteiger partial charge is 0.242 e. The molecule has 0 aliphatic carbocycles. The van der Waals surface area contributed by atoms with E-state index in [1.165, 1.54) is 11.3 Å². The highest BCUT2D eigenvalue weighted by molar-refractivity contribution is 9.11. The third-order valence-electron chi connectivity index (χ3n) is 2.79. The van der Waals surface area contributed by atoms with Gasteiger partial charge in [0.05, 0.1) is 3.79 Å². The molecule has 0 aliphatic heterocycles. The Hall–Kier alpha value is 0.400. The number of hydrogen-bond acceptors (Lipinski definition) is 5. The molecule has 1 heterocycles. The molecule has 0 saturated carbocycles. The number of thiophene rings is 1. The molecule has 8 heteroatoms. The van der Waals surface area contributed by atoms with Gasteiger partial charge >= 0.3 is 0 Å². The van der Waals surface area contributed by atoms with Gasteiger partial charge in [-0.1, -0.05) is 13.8 Å². The summed E-state index contributed by atoms with van der Waals surface area (Å²) in [5.74, 6) is 0.943. The molecule has 2 N–H and O–H groups in total. The molecule has 1 aromatic rings. The molecule has 1 atom stereocenters. The van der Waals surface area contributed by atoms with Crippen LogP contribution in [0.1, 0.15) is 32.1 Å².